The molecule has 40 heavy (non-hydrogen) atoms. The lowest BCUT2D eigenvalue weighted by Crippen LogP contribution is -2.48. The van der Waals surface area contributed by atoms with E-state index in [0.29, 0.717) is 10.0 Å². The van der Waals surface area contributed by atoms with Crippen LogP contribution in [0, 0.1) is 0 Å². The number of halogens is 2. The summed E-state index contributed by atoms with van der Waals surface area (Å²) in [6.45, 7) is 2.26. The molecule has 3 aromatic rings. The van der Waals surface area contributed by atoms with Crippen LogP contribution in [0.4, 0.5) is 0 Å². The number of carbonyl (C=O) groups excluding carboxylic acids is 1. The van der Waals surface area contributed by atoms with Gasteiger partial charge in [0.1, 0.15) is 0 Å². The first-order valence-electron chi connectivity index (χ1n) is 13.7. The summed E-state index contributed by atoms with van der Waals surface area (Å²) in [5.41, 5.74) is 3.73. The van der Waals surface area contributed by atoms with Crippen molar-refractivity contribution in [3.05, 3.63) is 99.0 Å². The molecule has 1 fully saturated rings. The monoisotopic (exact) mass is 599 g/mol. The molecule has 1 amide bonds. The van der Waals surface area contributed by atoms with Crippen molar-refractivity contribution < 1.29 is 13.2 Å². The van der Waals surface area contributed by atoms with E-state index in [9.17, 15) is 13.2 Å². The summed E-state index contributed by atoms with van der Waals surface area (Å²) in [5.74, 6) is -0.0464. The standard InChI is InChI=1S/C31H35Cl2N3O3S/c1-34(21-22-8-4-3-5-9-22)40(38,39)25-13-11-24-12-15-29(36-16-6-7-17-36)31(26(24)20-25)35(2)30(37)19-23-10-14-27(32)28(33)18-23/h3-5,8-11,13-14,18,20,29,31H,6-7,12,15-17,19,21H2,1-2H3/t29-,31-/m0/s1. The van der Waals surface area contributed by atoms with E-state index in [2.05, 4.69) is 4.90 Å². The van der Waals surface area contributed by atoms with Crippen molar-refractivity contribution >= 4 is 39.1 Å². The van der Waals surface area contributed by atoms with Crippen LogP contribution in [0.15, 0.2) is 71.6 Å². The fourth-order valence-corrected chi connectivity index (χ4v) is 7.55. The quantitative estimate of drug-likeness (QED) is 0.320. The van der Waals surface area contributed by atoms with Gasteiger partial charge < -0.3 is 4.90 Å². The van der Waals surface area contributed by atoms with Crippen molar-refractivity contribution in [3.63, 3.8) is 0 Å². The topological polar surface area (TPSA) is 60.9 Å². The van der Waals surface area contributed by atoms with Crippen LogP contribution in [0.1, 0.15) is 47.6 Å². The van der Waals surface area contributed by atoms with Crippen LogP contribution in [-0.4, -0.2) is 61.7 Å². The molecule has 0 N–H and O–H groups in total. The molecular weight excluding hydrogens is 565 g/mol. The Morgan fingerprint density at radius 1 is 0.925 bits per heavy atom. The summed E-state index contributed by atoms with van der Waals surface area (Å²) in [7, 11) is -0.296. The van der Waals surface area contributed by atoms with Gasteiger partial charge in [-0.05, 0) is 85.3 Å². The lowest BCUT2D eigenvalue weighted by Gasteiger charge is -2.43. The van der Waals surface area contributed by atoms with E-state index < -0.39 is 10.0 Å². The molecule has 0 radical (unpaired) electrons. The maximum absolute atomic E-state index is 13.7. The third kappa shape index (κ3) is 6.09. The van der Waals surface area contributed by atoms with E-state index in [1.54, 1.807) is 25.2 Å². The fourth-order valence-electron chi connectivity index (χ4n) is 6.04. The maximum Gasteiger partial charge on any atom is 0.243 e. The van der Waals surface area contributed by atoms with Crippen molar-refractivity contribution in [1.82, 2.24) is 14.1 Å². The molecule has 1 aliphatic heterocycles. The van der Waals surface area contributed by atoms with Crippen molar-refractivity contribution in [2.75, 3.05) is 27.2 Å². The van der Waals surface area contributed by atoms with Gasteiger partial charge in [-0.3, -0.25) is 9.69 Å². The minimum absolute atomic E-state index is 0.0464. The number of fused-ring (bicyclic) bond motifs is 1. The predicted molar refractivity (Wildman–Crippen MR) is 160 cm³/mol. The number of carbonyl (C=O) groups is 1. The molecule has 2 aliphatic rings. The average Bonchev–Trinajstić information content (AvgIpc) is 3.49. The largest absolute Gasteiger partial charge is 0.337 e. The summed E-state index contributed by atoms with van der Waals surface area (Å²) in [6, 6.07) is 20.1. The van der Waals surface area contributed by atoms with Gasteiger partial charge in [0.2, 0.25) is 15.9 Å². The van der Waals surface area contributed by atoms with E-state index in [0.717, 1.165) is 61.0 Å². The molecule has 0 saturated carbocycles. The zero-order chi connectivity index (χ0) is 28.4. The number of rotatable bonds is 8. The molecule has 6 nitrogen and oxygen atoms in total. The summed E-state index contributed by atoms with van der Waals surface area (Å²) >= 11 is 12.3. The minimum atomic E-state index is -3.74. The van der Waals surface area contributed by atoms with E-state index >= 15 is 0 Å². The predicted octanol–water partition coefficient (Wildman–Crippen LogP) is 5.97. The first-order valence-corrected chi connectivity index (χ1v) is 15.9. The highest BCUT2D eigenvalue weighted by Gasteiger charge is 2.39. The first kappa shape index (κ1) is 29.1. The smallest absolute Gasteiger partial charge is 0.243 e. The van der Waals surface area contributed by atoms with Crippen molar-refractivity contribution in [2.45, 2.75) is 55.6 Å². The van der Waals surface area contributed by atoms with Gasteiger partial charge in [-0.1, -0.05) is 65.7 Å². The summed E-state index contributed by atoms with van der Waals surface area (Å²) in [6.07, 6.45) is 4.22. The first-order chi connectivity index (χ1) is 19.1. The Bertz CT molecular complexity index is 1480. The number of hydrogen-bond acceptors (Lipinski definition) is 4. The molecule has 1 heterocycles. The molecule has 212 valence electrons. The number of amides is 1. The lowest BCUT2D eigenvalue weighted by atomic mass is 9.82. The van der Waals surface area contributed by atoms with Crippen molar-refractivity contribution in [3.8, 4) is 0 Å². The zero-order valence-corrected chi connectivity index (χ0v) is 25.2. The van der Waals surface area contributed by atoms with Gasteiger partial charge in [0.15, 0.2) is 0 Å². The Kier molecular flexibility index (Phi) is 8.88. The number of sulfonamides is 1. The zero-order valence-electron chi connectivity index (χ0n) is 22.9. The van der Waals surface area contributed by atoms with Gasteiger partial charge in [-0.2, -0.15) is 4.31 Å². The molecule has 2 atom stereocenters. The fraction of sp³-hybridized carbons (Fsp3) is 0.387. The Morgan fingerprint density at radius 3 is 2.35 bits per heavy atom. The van der Waals surface area contributed by atoms with Crippen molar-refractivity contribution in [1.29, 1.82) is 0 Å². The van der Waals surface area contributed by atoms with Gasteiger partial charge in [0, 0.05) is 26.7 Å². The Hall–Kier alpha value is -2.42. The molecule has 0 bridgehead atoms. The number of hydrogen-bond donors (Lipinski definition) is 0. The van der Waals surface area contributed by atoms with E-state index in [-0.39, 0.29) is 35.9 Å². The van der Waals surface area contributed by atoms with Gasteiger partial charge >= 0.3 is 0 Å². The molecule has 9 heteroatoms. The second kappa shape index (κ2) is 12.2. The van der Waals surface area contributed by atoms with Gasteiger partial charge in [-0.15, -0.1) is 0 Å². The Morgan fingerprint density at radius 2 is 1.65 bits per heavy atom. The molecular formula is C31H35Cl2N3O3S. The lowest BCUT2D eigenvalue weighted by molar-refractivity contribution is -0.133. The van der Waals surface area contributed by atoms with E-state index in [4.69, 9.17) is 23.2 Å². The summed E-state index contributed by atoms with van der Waals surface area (Å²) in [5, 5.41) is 0.870. The minimum Gasteiger partial charge on any atom is -0.337 e. The van der Waals surface area contributed by atoms with Crippen molar-refractivity contribution in [2.24, 2.45) is 0 Å². The highest BCUT2D eigenvalue weighted by molar-refractivity contribution is 7.89. The van der Waals surface area contributed by atoms with Crippen LogP contribution >= 0.6 is 23.2 Å². The molecule has 1 saturated heterocycles. The third-order valence-corrected chi connectivity index (χ3v) is 10.8. The highest BCUT2D eigenvalue weighted by atomic mass is 35.5. The molecule has 0 aromatic heterocycles. The molecule has 0 unspecified atom stereocenters. The van der Waals surface area contributed by atoms with Crippen LogP contribution in [0.5, 0.6) is 0 Å². The number of likely N-dealkylation sites (N-methyl/N-ethyl adjacent to an activating group) is 1. The van der Waals surface area contributed by atoms with Gasteiger partial charge in [0.25, 0.3) is 0 Å². The number of aryl methyl sites for hydroxylation is 1. The average molecular weight is 601 g/mol. The molecule has 1 aliphatic carbocycles. The summed E-state index contributed by atoms with van der Waals surface area (Å²) < 4.78 is 28.8. The van der Waals surface area contributed by atoms with Crippen LogP contribution in [0.2, 0.25) is 10.0 Å². The summed E-state index contributed by atoms with van der Waals surface area (Å²) in [4.78, 5) is 18.2. The van der Waals surface area contributed by atoms with Crippen LogP contribution < -0.4 is 0 Å². The van der Waals surface area contributed by atoms with E-state index in [1.165, 1.54) is 4.31 Å². The van der Waals surface area contributed by atoms with E-state index in [1.807, 2.05) is 60.5 Å². The van der Waals surface area contributed by atoms with Crippen LogP contribution in [0.25, 0.3) is 0 Å². The highest BCUT2D eigenvalue weighted by Crippen LogP contribution is 2.40. The molecule has 5 rings (SSSR count). The molecule has 3 aromatic carbocycles. The second-order valence-corrected chi connectivity index (χ2v) is 13.7. The van der Waals surface area contributed by atoms with Crippen LogP contribution in [-0.2, 0) is 34.2 Å². The number of benzene rings is 3. The maximum atomic E-state index is 13.7. The third-order valence-electron chi connectivity index (χ3n) is 8.23. The number of nitrogens with zero attached hydrogens (tertiary/aromatic N) is 3. The van der Waals surface area contributed by atoms with Crippen LogP contribution in [0.3, 0.4) is 0 Å². The van der Waals surface area contributed by atoms with Gasteiger partial charge in [-0.25, -0.2) is 8.42 Å². The van der Waals surface area contributed by atoms with Gasteiger partial charge in [0.05, 0.1) is 27.4 Å². The second-order valence-electron chi connectivity index (χ2n) is 10.8. The SMILES string of the molecule is CN(C(=O)Cc1ccc(Cl)c(Cl)c1)[C@H]1c2cc(S(=O)(=O)N(C)Cc3ccccc3)ccc2CC[C@@H]1N1CCCC1. The Balaban J connectivity index is 1.47. The molecule has 0 spiro atoms. The number of likely N-dealkylation sites (tertiary alicyclic amines) is 1. The normalized spacial score (nSPS) is 19.5. The Labute approximate surface area is 247 Å².